The first-order valence-corrected chi connectivity index (χ1v) is 10.6. The number of hydrogen-bond acceptors (Lipinski definition) is 5. The predicted molar refractivity (Wildman–Crippen MR) is 117 cm³/mol. The molecular formula is C22H39N5. The maximum atomic E-state index is 4.54. The second-order valence-corrected chi connectivity index (χ2v) is 7.33. The van der Waals surface area contributed by atoms with E-state index in [2.05, 4.69) is 66.4 Å². The minimum absolute atomic E-state index is 0.437. The highest BCUT2D eigenvalue weighted by Crippen LogP contribution is 2.23. The van der Waals surface area contributed by atoms with Crippen molar-refractivity contribution in [3.8, 4) is 0 Å². The minimum atomic E-state index is 0.437. The lowest BCUT2D eigenvalue weighted by molar-refractivity contribution is 0.517. The van der Waals surface area contributed by atoms with E-state index in [1.807, 2.05) is 6.92 Å². The first-order valence-electron chi connectivity index (χ1n) is 10.6. The fourth-order valence-corrected chi connectivity index (χ4v) is 3.24. The van der Waals surface area contributed by atoms with Crippen molar-refractivity contribution in [3.05, 3.63) is 30.4 Å². The Morgan fingerprint density at radius 3 is 1.52 bits per heavy atom. The summed E-state index contributed by atoms with van der Waals surface area (Å²) in [6, 6.07) is 0. The van der Waals surface area contributed by atoms with Crippen molar-refractivity contribution in [2.75, 3.05) is 10.6 Å². The van der Waals surface area contributed by atoms with Crippen molar-refractivity contribution < 1.29 is 0 Å². The predicted octanol–water partition coefficient (Wildman–Crippen LogP) is 6.46. The molecule has 1 heterocycles. The summed E-state index contributed by atoms with van der Waals surface area (Å²) in [5, 5.41) is 6.61. The molecule has 0 aliphatic heterocycles. The lowest BCUT2D eigenvalue weighted by Gasteiger charge is -2.20. The molecule has 1 rings (SSSR count). The monoisotopic (exact) mass is 373 g/mol. The standard InChI is InChI=1S/C22H39N5/c1-8-12-14-19(10-3)16(5)23-21-25-18(7)26-22(27-21)24-17(6)20(11-4)15-13-9-2/h19-20H,5-6,8-15H2,1-4,7H3,(H2,23,24,25,26,27). The number of rotatable bonds is 14. The summed E-state index contributed by atoms with van der Waals surface area (Å²) in [6.07, 6.45) is 9.21. The number of hydrogen-bond donors (Lipinski definition) is 2. The van der Waals surface area contributed by atoms with Gasteiger partial charge in [-0.15, -0.1) is 0 Å². The van der Waals surface area contributed by atoms with E-state index in [1.165, 1.54) is 25.7 Å². The Morgan fingerprint density at radius 2 is 1.19 bits per heavy atom. The van der Waals surface area contributed by atoms with E-state index in [0.717, 1.165) is 37.1 Å². The van der Waals surface area contributed by atoms with Crippen molar-refractivity contribution in [3.63, 3.8) is 0 Å². The van der Waals surface area contributed by atoms with Crippen LogP contribution >= 0.6 is 0 Å². The van der Waals surface area contributed by atoms with Crippen molar-refractivity contribution in [1.82, 2.24) is 15.0 Å². The van der Waals surface area contributed by atoms with Crippen LogP contribution in [-0.4, -0.2) is 15.0 Å². The highest BCUT2D eigenvalue weighted by molar-refractivity contribution is 5.42. The number of nitrogens with one attached hydrogen (secondary N) is 2. The molecule has 2 unspecified atom stereocenters. The molecule has 0 aliphatic rings. The van der Waals surface area contributed by atoms with Crippen LogP contribution in [0.5, 0.6) is 0 Å². The second kappa shape index (κ2) is 12.5. The van der Waals surface area contributed by atoms with E-state index >= 15 is 0 Å². The smallest absolute Gasteiger partial charge is 0.232 e. The largest absolute Gasteiger partial charge is 0.328 e. The molecule has 5 heteroatoms. The third kappa shape index (κ3) is 8.10. The molecular weight excluding hydrogens is 334 g/mol. The van der Waals surface area contributed by atoms with Gasteiger partial charge in [0.1, 0.15) is 5.82 Å². The van der Waals surface area contributed by atoms with E-state index < -0.39 is 0 Å². The van der Waals surface area contributed by atoms with Crippen molar-refractivity contribution in [2.24, 2.45) is 11.8 Å². The molecule has 0 aliphatic carbocycles. The Kier molecular flexibility index (Phi) is 10.7. The van der Waals surface area contributed by atoms with Crippen LogP contribution in [0.2, 0.25) is 0 Å². The number of aryl methyl sites for hydroxylation is 1. The van der Waals surface area contributed by atoms with Crippen LogP contribution in [0, 0.1) is 18.8 Å². The lowest BCUT2D eigenvalue weighted by Crippen LogP contribution is -2.16. The molecule has 0 saturated carbocycles. The quantitative estimate of drug-likeness (QED) is 0.391. The summed E-state index contributed by atoms with van der Waals surface area (Å²) in [7, 11) is 0. The Hall–Kier alpha value is -1.91. The van der Waals surface area contributed by atoms with Crippen LogP contribution in [0.3, 0.4) is 0 Å². The zero-order valence-corrected chi connectivity index (χ0v) is 18.1. The molecule has 0 bridgehead atoms. The third-order valence-corrected chi connectivity index (χ3v) is 5.08. The SMILES string of the molecule is C=C(Nc1nc(C)nc(NC(=C)C(CC)CCCC)n1)C(CC)CCCC. The minimum Gasteiger partial charge on any atom is -0.328 e. The zero-order chi connectivity index (χ0) is 20.2. The first-order chi connectivity index (χ1) is 12.9. The molecule has 2 atom stereocenters. The Morgan fingerprint density at radius 1 is 0.778 bits per heavy atom. The van der Waals surface area contributed by atoms with E-state index in [4.69, 9.17) is 0 Å². The zero-order valence-electron chi connectivity index (χ0n) is 18.1. The van der Waals surface area contributed by atoms with Crippen molar-refractivity contribution in [1.29, 1.82) is 0 Å². The Balaban J connectivity index is 2.81. The molecule has 1 aromatic rings. The van der Waals surface area contributed by atoms with Crippen LogP contribution < -0.4 is 10.6 Å². The van der Waals surface area contributed by atoms with E-state index in [-0.39, 0.29) is 0 Å². The van der Waals surface area contributed by atoms with Gasteiger partial charge in [-0.2, -0.15) is 15.0 Å². The lowest BCUT2D eigenvalue weighted by atomic mass is 9.96. The molecule has 0 fully saturated rings. The normalized spacial score (nSPS) is 13.1. The number of aromatic nitrogens is 3. The van der Waals surface area contributed by atoms with Gasteiger partial charge in [-0.25, -0.2) is 0 Å². The molecule has 5 nitrogen and oxygen atoms in total. The maximum Gasteiger partial charge on any atom is 0.232 e. The van der Waals surface area contributed by atoms with Gasteiger partial charge in [-0.1, -0.05) is 66.5 Å². The molecule has 152 valence electrons. The number of unbranched alkanes of at least 4 members (excludes halogenated alkanes) is 2. The van der Waals surface area contributed by atoms with Crippen LogP contribution in [-0.2, 0) is 0 Å². The third-order valence-electron chi connectivity index (χ3n) is 5.08. The van der Waals surface area contributed by atoms with Gasteiger partial charge < -0.3 is 10.6 Å². The molecule has 0 saturated heterocycles. The van der Waals surface area contributed by atoms with Crippen LogP contribution in [0.4, 0.5) is 11.9 Å². The fourth-order valence-electron chi connectivity index (χ4n) is 3.24. The average Bonchev–Trinajstić information content (AvgIpc) is 2.62. The van der Waals surface area contributed by atoms with E-state index in [1.54, 1.807) is 0 Å². The topological polar surface area (TPSA) is 62.7 Å². The van der Waals surface area contributed by atoms with Gasteiger partial charge in [0.25, 0.3) is 0 Å². The molecule has 0 amide bonds. The summed E-state index contributed by atoms with van der Waals surface area (Å²) in [5.41, 5.74) is 1.96. The maximum absolute atomic E-state index is 4.54. The molecule has 0 radical (unpaired) electrons. The Bertz CT molecular complexity index is 548. The first kappa shape index (κ1) is 23.1. The van der Waals surface area contributed by atoms with Crippen molar-refractivity contribution in [2.45, 2.75) is 86.0 Å². The van der Waals surface area contributed by atoms with Crippen molar-refractivity contribution >= 4 is 11.9 Å². The molecule has 2 N–H and O–H groups in total. The molecule has 0 aromatic carbocycles. The molecule has 0 spiro atoms. The van der Waals surface area contributed by atoms with Crippen LogP contribution in [0.25, 0.3) is 0 Å². The summed E-state index contributed by atoms with van der Waals surface area (Å²) in [5.74, 6) is 2.66. The van der Waals surface area contributed by atoms with E-state index in [0.29, 0.717) is 29.6 Å². The summed E-state index contributed by atoms with van der Waals surface area (Å²) >= 11 is 0. The van der Waals surface area contributed by atoms with Gasteiger partial charge in [0.15, 0.2) is 0 Å². The van der Waals surface area contributed by atoms with Crippen LogP contribution in [0.15, 0.2) is 24.6 Å². The van der Waals surface area contributed by atoms with Gasteiger partial charge in [-0.05, 0) is 44.4 Å². The molecule has 27 heavy (non-hydrogen) atoms. The Labute approximate surface area is 166 Å². The summed E-state index contributed by atoms with van der Waals surface area (Å²) in [4.78, 5) is 13.4. The number of anilines is 2. The van der Waals surface area contributed by atoms with Gasteiger partial charge >= 0.3 is 0 Å². The van der Waals surface area contributed by atoms with E-state index in [9.17, 15) is 0 Å². The number of nitrogens with zero attached hydrogens (tertiary/aromatic N) is 3. The summed E-state index contributed by atoms with van der Waals surface area (Å²) in [6.45, 7) is 19.1. The average molecular weight is 374 g/mol. The molecule has 1 aromatic heterocycles. The van der Waals surface area contributed by atoms with Gasteiger partial charge in [-0.3, -0.25) is 0 Å². The highest BCUT2D eigenvalue weighted by atomic mass is 15.2. The van der Waals surface area contributed by atoms with Gasteiger partial charge in [0.05, 0.1) is 0 Å². The highest BCUT2D eigenvalue weighted by Gasteiger charge is 2.15. The fraction of sp³-hybridized carbons (Fsp3) is 0.682. The second-order valence-electron chi connectivity index (χ2n) is 7.33. The summed E-state index contributed by atoms with van der Waals surface area (Å²) < 4.78 is 0. The van der Waals surface area contributed by atoms with Gasteiger partial charge in [0.2, 0.25) is 11.9 Å². The van der Waals surface area contributed by atoms with Crippen LogP contribution in [0.1, 0.15) is 84.9 Å². The van der Waals surface area contributed by atoms with Gasteiger partial charge in [0, 0.05) is 11.4 Å². The number of allylic oxidation sites excluding steroid dienone is 2.